The van der Waals surface area contributed by atoms with Crippen molar-refractivity contribution in [1.82, 2.24) is 24.7 Å². The van der Waals surface area contributed by atoms with Gasteiger partial charge >= 0.3 is 0 Å². The number of rotatable bonds is 5. The van der Waals surface area contributed by atoms with Gasteiger partial charge in [0.25, 0.3) is 17.5 Å². The molecule has 2 aromatic heterocycles. The number of carbonyl (C=O) groups is 1. The predicted molar refractivity (Wildman–Crippen MR) is 127 cm³/mol. The first-order valence-corrected chi connectivity index (χ1v) is 10.3. The molecule has 0 aliphatic carbocycles. The summed E-state index contributed by atoms with van der Waals surface area (Å²) in [6.07, 6.45) is 3.88. The summed E-state index contributed by atoms with van der Waals surface area (Å²) in [6, 6.07) is 17.6. The topological polar surface area (TPSA) is 135 Å². The van der Waals surface area contributed by atoms with E-state index in [1.807, 2.05) is 12.1 Å². The molecule has 11 nitrogen and oxygen atoms in total. The fraction of sp³-hybridized carbons (Fsp3) is 0. The third kappa shape index (κ3) is 4.14. The monoisotopic (exact) mass is 461 g/mol. The summed E-state index contributed by atoms with van der Waals surface area (Å²) in [5.74, 6) is -0.640. The van der Waals surface area contributed by atoms with Crippen molar-refractivity contribution in [2.75, 3.05) is 5.32 Å². The van der Waals surface area contributed by atoms with Gasteiger partial charge in [-0.25, -0.2) is 9.83 Å². The van der Waals surface area contributed by atoms with Gasteiger partial charge in [-0.05, 0) is 29.0 Å². The molecule has 0 saturated heterocycles. The van der Waals surface area contributed by atoms with Gasteiger partial charge < -0.3 is 10.4 Å². The summed E-state index contributed by atoms with van der Waals surface area (Å²) >= 11 is 0. The van der Waals surface area contributed by atoms with Gasteiger partial charge in [-0.2, -0.15) is 19.7 Å². The second kappa shape index (κ2) is 9.16. The Balaban J connectivity index is 1.60. The molecule has 0 fully saturated rings. The lowest BCUT2D eigenvalue weighted by atomic mass is 10.0. The van der Waals surface area contributed by atoms with Gasteiger partial charge in [0.2, 0.25) is 0 Å². The highest BCUT2D eigenvalue weighted by atomic mass is 16.3. The molecule has 0 spiro atoms. The average molecular weight is 461 g/mol. The number of phenolic OH excluding ortho intramolecular Hbond substituents is 1. The van der Waals surface area contributed by atoms with Gasteiger partial charge in [-0.1, -0.05) is 42.5 Å². The molecule has 2 N–H and O–H groups in total. The maximum Gasteiger partial charge on any atom is 0.260 e. The van der Waals surface area contributed by atoms with E-state index < -0.39 is 5.91 Å². The van der Waals surface area contributed by atoms with E-state index in [0.29, 0.717) is 16.5 Å². The first-order valence-electron chi connectivity index (χ1n) is 10.3. The summed E-state index contributed by atoms with van der Waals surface area (Å²) in [4.78, 5) is 28.4. The number of aromatic nitrogens is 5. The number of aromatic hydroxyl groups is 1. The van der Waals surface area contributed by atoms with Crippen LogP contribution in [0.1, 0.15) is 10.4 Å². The highest BCUT2D eigenvalue weighted by molar-refractivity contribution is 6.16. The molecular weight excluding hydrogens is 446 g/mol. The largest absolute Gasteiger partial charge is 0.505 e. The summed E-state index contributed by atoms with van der Waals surface area (Å²) in [7, 11) is 0. The van der Waals surface area contributed by atoms with Crippen LogP contribution in [0.5, 0.6) is 5.75 Å². The zero-order chi connectivity index (χ0) is 24.2. The van der Waals surface area contributed by atoms with Gasteiger partial charge in [0, 0.05) is 5.69 Å². The number of azo groups is 1. The van der Waals surface area contributed by atoms with Gasteiger partial charge in [0.1, 0.15) is 18.3 Å². The van der Waals surface area contributed by atoms with Crippen LogP contribution >= 0.6 is 0 Å². The highest BCUT2D eigenvalue weighted by Gasteiger charge is 2.20. The van der Waals surface area contributed by atoms with E-state index in [-0.39, 0.29) is 34.5 Å². The van der Waals surface area contributed by atoms with Crippen LogP contribution < -0.4 is 5.32 Å². The van der Waals surface area contributed by atoms with Gasteiger partial charge in [0.05, 0.1) is 18.3 Å². The van der Waals surface area contributed by atoms with Crippen molar-refractivity contribution in [1.29, 1.82) is 0 Å². The van der Waals surface area contributed by atoms with E-state index in [0.717, 1.165) is 0 Å². The molecule has 5 aromatic rings. The van der Waals surface area contributed by atoms with Gasteiger partial charge in [0.15, 0.2) is 11.6 Å². The Morgan fingerprint density at radius 1 is 1.03 bits per heavy atom. The maximum atomic E-state index is 13.2. The molecule has 11 heteroatoms. The number of phenols is 1. The SMILES string of the molecule is [C-]#[N+]c1cnn(-c2ncncn2)c1N=Nc1cc2ccccc2c(C(=O)Nc2ccccc2)c1O. The third-order valence-electron chi connectivity index (χ3n) is 5.03. The fourth-order valence-electron chi connectivity index (χ4n) is 3.44. The van der Waals surface area contributed by atoms with Crippen LogP contribution in [-0.2, 0) is 0 Å². The molecule has 0 radical (unpaired) electrons. The van der Waals surface area contributed by atoms with Crippen LogP contribution in [0.2, 0.25) is 0 Å². The molecule has 35 heavy (non-hydrogen) atoms. The van der Waals surface area contributed by atoms with Crippen molar-refractivity contribution in [3.05, 3.63) is 96.5 Å². The molecule has 0 aliphatic rings. The molecule has 5 rings (SSSR count). The first-order chi connectivity index (χ1) is 17.2. The Kier molecular flexibility index (Phi) is 5.59. The van der Waals surface area contributed by atoms with Crippen molar-refractivity contribution in [3.63, 3.8) is 0 Å². The summed E-state index contributed by atoms with van der Waals surface area (Å²) < 4.78 is 1.24. The number of hydrogen-bond acceptors (Lipinski definition) is 8. The number of anilines is 1. The number of nitrogens with zero attached hydrogens (tertiary/aromatic N) is 8. The number of fused-ring (bicyclic) bond motifs is 1. The van der Waals surface area contributed by atoms with E-state index >= 15 is 0 Å². The normalized spacial score (nSPS) is 10.9. The van der Waals surface area contributed by atoms with Crippen LogP contribution in [0.15, 0.2) is 89.7 Å². The lowest BCUT2D eigenvalue weighted by molar-refractivity contribution is 0.102. The number of amides is 1. The van der Waals surface area contributed by atoms with Crippen molar-refractivity contribution in [2.45, 2.75) is 0 Å². The first kappa shape index (κ1) is 21.4. The molecule has 0 aliphatic heterocycles. The minimum absolute atomic E-state index is 0.0428. The number of benzene rings is 3. The van der Waals surface area contributed by atoms with Crippen LogP contribution in [0, 0.1) is 6.57 Å². The molecule has 0 bridgehead atoms. The van der Waals surface area contributed by atoms with E-state index in [2.05, 4.69) is 40.4 Å². The fourth-order valence-corrected chi connectivity index (χ4v) is 3.44. The number of nitrogens with one attached hydrogen (secondary N) is 1. The van der Waals surface area contributed by atoms with Crippen molar-refractivity contribution in [3.8, 4) is 11.7 Å². The smallest absolute Gasteiger partial charge is 0.260 e. The number of hydrogen-bond donors (Lipinski definition) is 2. The van der Waals surface area contributed by atoms with Crippen molar-refractivity contribution < 1.29 is 9.90 Å². The van der Waals surface area contributed by atoms with Crippen molar-refractivity contribution in [2.24, 2.45) is 10.2 Å². The third-order valence-corrected chi connectivity index (χ3v) is 5.03. The number of carbonyl (C=O) groups excluding carboxylic acids is 1. The van der Waals surface area contributed by atoms with E-state index in [9.17, 15) is 9.90 Å². The Bertz CT molecular complexity index is 1610. The Morgan fingerprint density at radius 2 is 1.77 bits per heavy atom. The minimum Gasteiger partial charge on any atom is -0.505 e. The zero-order valence-corrected chi connectivity index (χ0v) is 17.9. The van der Waals surface area contributed by atoms with Gasteiger partial charge in [-0.3, -0.25) is 4.79 Å². The van der Waals surface area contributed by atoms with Crippen LogP contribution in [0.3, 0.4) is 0 Å². The summed E-state index contributed by atoms with van der Waals surface area (Å²) in [5, 5.41) is 27.5. The summed E-state index contributed by atoms with van der Waals surface area (Å²) in [5.41, 5.74) is 0.783. The van der Waals surface area contributed by atoms with Crippen LogP contribution in [-0.4, -0.2) is 35.7 Å². The van der Waals surface area contributed by atoms with Crippen LogP contribution in [0.4, 0.5) is 22.9 Å². The molecule has 168 valence electrons. The average Bonchev–Trinajstić information content (AvgIpc) is 3.31. The van der Waals surface area contributed by atoms with E-state index in [4.69, 9.17) is 6.57 Å². The highest BCUT2D eigenvalue weighted by Crippen LogP contribution is 2.39. The molecule has 0 atom stereocenters. The standard InChI is InChI=1S/C24H15N9O2/c1-25-19-12-29-33(24-27-13-26-14-28-24)22(19)32-31-18-11-15-7-5-6-10-17(15)20(21(18)34)23(35)30-16-8-3-2-4-9-16/h2-14,34H,(H,30,35). The molecule has 1 amide bonds. The molecule has 2 heterocycles. The molecular formula is C24H15N9O2. The zero-order valence-electron chi connectivity index (χ0n) is 17.9. The Morgan fingerprint density at radius 3 is 2.54 bits per heavy atom. The number of para-hydroxylation sites is 1. The molecule has 3 aromatic carbocycles. The molecule has 0 unspecified atom stereocenters. The predicted octanol–water partition coefficient (Wildman–Crippen LogP) is 5.13. The van der Waals surface area contributed by atoms with Gasteiger partial charge in [-0.15, -0.1) is 10.2 Å². The van der Waals surface area contributed by atoms with E-state index in [1.54, 1.807) is 48.5 Å². The minimum atomic E-state index is -0.501. The Hall–Kier alpha value is -5.50. The maximum absolute atomic E-state index is 13.2. The van der Waals surface area contributed by atoms with E-state index in [1.165, 1.54) is 23.5 Å². The Labute approximate surface area is 198 Å². The lowest BCUT2D eigenvalue weighted by Gasteiger charge is -2.12. The second-order valence-electron chi connectivity index (χ2n) is 7.18. The molecule has 0 saturated carbocycles. The van der Waals surface area contributed by atoms with Crippen LogP contribution in [0.25, 0.3) is 21.6 Å². The quantitative estimate of drug-likeness (QED) is 0.275. The second-order valence-corrected chi connectivity index (χ2v) is 7.18. The summed E-state index contributed by atoms with van der Waals surface area (Å²) in [6.45, 7) is 7.41. The lowest BCUT2D eigenvalue weighted by Crippen LogP contribution is -2.12. The van der Waals surface area contributed by atoms with Crippen molar-refractivity contribution >= 4 is 39.6 Å².